The van der Waals surface area contributed by atoms with Crippen molar-refractivity contribution >= 4 is 59.0 Å². The zero-order valence-corrected chi connectivity index (χ0v) is 55.4. The monoisotopic (exact) mass is 1250 g/mol. The highest BCUT2D eigenvalue weighted by molar-refractivity contribution is 6.18. The van der Waals surface area contributed by atoms with E-state index in [1.165, 1.54) is 0 Å². The molecule has 0 aliphatic heterocycles. The van der Waals surface area contributed by atoms with Crippen LogP contribution in [0.15, 0.2) is 60.7 Å². The first-order valence-corrected chi connectivity index (χ1v) is 30.3. The lowest BCUT2D eigenvalue weighted by atomic mass is 9.91. The molecule has 0 amide bonds. The van der Waals surface area contributed by atoms with Crippen LogP contribution in [-0.4, -0.2) is 168 Å². The van der Waals surface area contributed by atoms with Gasteiger partial charge in [0.2, 0.25) is 0 Å². The molecule has 85 heavy (non-hydrogen) atoms. The number of aliphatic hydroxyl groups is 6. The minimum atomic E-state index is -0.822. The molecule has 2 aromatic carbocycles. The van der Waals surface area contributed by atoms with E-state index in [0.717, 1.165) is 25.7 Å². The number of ether oxygens (including phenoxy) is 8. The maximum absolute atomic E-state index is 11.7. The smallest absolute Gasteiger partial charge is 0.311 e. The fourth-order valence-electron chi connectivity index (χ4n) is 4.65. The Balaban J connectivity index is -0.000000470. The van der Waals surface area contributed by atoms with Crippen LogP contribution in [0.1, 0.15) is 156 Å². The first-order valence-electron chi connectivity index (χ1n) is 29.2. The summed E-state index contributed by atoms with van der Waals surface area (Å²) in [6.45, 7) is 31.3. The number of para-hydroxylation sites is 2. The Morgan fingerprint density at radius 1 is 0.376 bits per heavy atom. The van der Waals surface area contributed by atoms with Gasteiger partial charge in [0.25, 0.3) is 0 Å². The summed E-state index contributed by atoms with van der Waals surface area (Å²) in [4.78, 5) is 67.6. The number of carbonyl (C=O) groups is 6. The Bertz CT molecular complexity index is 2020. The molecule has 0 spiro atoms. The van der Waals surface area contributed by atoms with Gasteiger partial charge in [0.15, 0.2) is 0 Å². The lowest BCUT2D eigenvalue weighted by molar-refractivity contribution is -0.158. The summed E-state index contributed by atoms with van der Waals surface area (Å²) in [7, 11) is 0. The molecule has 0 aromatic heterocycles. The van der Waals surface area contributed by atoms with Crippen LogP contribution in [0.3, 0.4) is 0 Å². The third-order valence-electron chi connectivity index (χ3n) is 12.7. The van der Waals surface area contributed by atoms with Gasteiger partial charge in [-0.3, -0.25) is 28.8 Å². The van der Waals surface area contributed by atoms with Crippen molar-refractivity contribution in [3.63, 3.8) is 0 Å². The molecule has 0 saturated heterocycles. The molecule has 2 rings (SSSR count). The molecule has 0 saturated carbocycles. The first kappa shape index (κ1) is 86.6. The summed E-state index contributed by atoms with van der Waals surface area (Å²) in [6.07, 6.45) is 0.110. The third kappa shape index (κ3) is 47.0. The van der Waals surface area contributed by atoms with Gasteiger partial charge in [0.05, 0.1) is 58.0 Å². The summed E-state index contributed by atoms with van der Waals surface area (Å²) >= 11 is 10.6. The van der Waals surface area contributed by atoms with Gasteiger partial charge in [0, 0.05) is 0 Å². The maximum Gasteiger partial charge on any atom is 0.311 e. The highest BCUT2D eigenvalue weighted by Gasteiger charge is 2.29. The number of rotatable bonds is 32. The Labute approximate surface area is 517 Å². The van der Waals surface area contributed by atoms with E-state index in [0.29, 0.717) is 24.3 Å². The molecule has 0 aliphatic carbocycles. The third-order valence-corrected chi connectivity index (χ3v) is 13.4. The summed E-state index contributed by atoms with van der Waals surface area (Å²) < 4.78 is 40.1. The number of esters is 6. The van der Waals surface area contributed by atoms with Crippen molar-refractivity contribution in [3.05, 3.63) is 60.7 Å². The molecule has 2 aromatic rings. The van der Waals surface area contributed by atoms with Crippen LogP contribution in [0, 0.1) is 34.0 Å². The van der Waals surface area contributed by atoms with E-state index >= 15 is 0 Å². The lowest BCUT2D eigenvalue weighted by Gasteiger charge is -2.21. The van der Waals surface area contributed by atoms with E-state index in [1.807, 2.05) is 126 Å². The molecule has 0 fully saturated rings. The average molecular weight is 1260 g/mol. The summed E-state index contributed by atoms with van der Waals surface area (Å²) in [5.41, 5.74) is -1.43. The maximum atomic E-state index is 11.7. The van der Waals surface area contributed by atoms with Crippen molar-refractivity contribution in [3.8, 4) is 11.5 Å². The molecule has 0 bridgehead atoms. The van der Waals surface area contributed by atoms with E-state index in [1.54, 1.807) is 52.0 Å². The minimum Gasteiger partial charge on any atom is -0.491 e. The normalized spacial score (nSPS) is 14.1. The largest absolute Gasteiger partial charge is 0.491 e. The SMILES string of the molecule is CCC(C)(C)C(=O)OCC(C)O.CCC(C)(C)C(=O)OCC(O)CCl.CCC(C)(C)C(=O)OCC(O)COc1ccccc1.CCC(C)C(=O)OCC(C)O.CCC(C)C(=O)OCC(O)CCl.CCC(C)C(=O)OCC(O)COc1ccccc1. The van der Waals surface area contributed by atoms with Crippen molar-refractivity contribution in [2.24, 2.45) is 34.0 Å². The molecule has 494 valence electrons. The number of aliphatic hydroxyl groups excluding tert-OH is 6. The molecular weight excluding hydrogens is 1150 g/mol. The Morgan fingerprint density at radius 2 is 0.612 bits per heavy atom. The van der Waals surface area contributed by atoms with Gasteiger partial charge in [-0.15, -0.1) is 23.2 Å². The summed E-state index contributed by atoms with van der Waals surface area (Å²) in [5.74, 6) is -0.376. The minimum absolute atomic E-state index is 0.00727. The van der Waals surface area contributed by atoms with E-state index in [-0.39, 0.29) is 118 Å². The highest BCUT2D eigenvalue weighted by atomic mass is 35.5. The zero-order chi connectivity index (χ0) is 66.4. The number of carbonyl (C=O) groups excluding carboxylic acids is 6. The fourth-order valence-corrected chi connectivity index (χ4v) is 4.83. The summed E-state index contributed by atoms with van der Waals surface area (Å²) in [5, 5.41) is 54.9. The second-order valence-corrected chi connectivity index (χ2v) is 22.8. The Kier molecular flexibility index (Phi) is 51.2. The molecule has 6 N–H and O–H groups in total. The molecule has 0 radical (unpaired) electrons. The molecule has 9 atom stereocenters. The quantitative estimate of drug-likeness (QED) is 0.0226. The average Bonchev–Trinajstić information content (AvgIpc) is 3.64. The topological polar surface area (TPSA) is 298 Å². The molecule has 20 nitrogen and oxygen atoms in total. The molecule has 22 heteroatoms. The number of alkyl halides is 2. The van der Waals surface area contributed by atoms with Crippen molar-refractivity contribution in [2.75, 3.05) is 64.6 Å². The Hall–Kier alpha value is -4.80. The van der Waals surface area contributed by atoms with E-state index < -0.39 is 52.9 Å². The van der Waals surface area contributed by atoms with Crippen LogP contribution >= 0.6 is 23.2 Å². The number of halogens is 2. The van der Waals surface area contributed by atoms with Gasteiger partial charge in [-0.25, -0.2) is 0 Å². The van der Waals surface area contributed by atoms with E-state index in [2.05, 4.69) is 0 Å². The molecule has 0 aliphatic rings. The van der Waals surface area contributed by atoms with Crippen LogP contribution in [0.25, 0.3) is 0 Å². The summed E-state index contributed by atoms with van der Waals surface area (Å²) in [6, 6.07) is 18.4. The van der Waals surface area contributed by atoms with Crippen LogP contribution in [0.2, 0.25) is 0 Å². The van der Waals surface area contributed by atoms with E-state index in [9.17, 15) is 39.0 Å². The van der Waals surface area contributed by atoms with Gasteiger partial charge in [-0.1, -0.05) is 98.7 Å². The van der Waals surface area contributed by atoms with Gasteiger partial charge >= 0.3 is 35.8 Å². The van der Waals surface area contributed by atoms with Gasteiger partial charge in [-0.05, 0) is 118 Å². The number of hydrogen-bond acceptors (Lipinski definition) is 20. The van der Waals surface area contributed by atoms with Crippen molar-refractivity contribution in [1.82, 2.24) is 0 Å². The standard InChI is InChI=1S/C15H22O4.C14H20O4.C9H17ClO3.C9H18O3.C8H15ClO3.C8H16O3/c1-4-15(2,3)14(17)19-11-12(16)10-18-13-8-6-5-7-9-13;1-3-11(2)14(16)18-10-12(15)9-17-13-7-5-4-6-8-13;1-4-9(2,3)8(12)13-6-7(11)5-10;1-5-9(3,4)8(11)12-6-7(2)10;1-3-6(2)8(11)12-5-7(10)4-9;1-4-6(2)8(10)11-5-7(3)9/h5-9,12,16H,4,10-11H2,1-3H3;4-8,11-12,15H,3,9-10H2,1-2H3;7,11H,4-6H2,1-3H3;7,10H,5-6H2,1-4H3;6-7,10H,3-5H2,1-2H3;6-7,9H,4-5H2,1-3H3. The van der Waals surface area contributed by atoms with Crippen molar-refractivity contribution in [2.45, 2.75) is 193 Å². The molecule has 9 unspecified atom stereocenters. The number of hydrogen-bond donors (Lipinski definition) is 6. The van der Waals surface area contributed by atoms with Gasteiger partial charge in [0.1, 0.15) is 88.8 Å². The molecule has 0 heterocycles. The second-order valence-electron chi connectivity index (χ2n) is 22.2. The van der Waals surface area contributed by atoms with Gasteiger partial charge < -0.3 is 68.5 Å². The lowest BCUT2D eigenvalue weighted by Crippen LogP contribution is -2.31. The fraction of sp³-hybridized carbons (Fsp3) is 0.714. The number of benzene rings is 2. The zero-order valence-electron chi connectivity index (χ0n) is 53.9. The van der Waals surface area contributed by atoms with E-state index in [4.69, 9.17) is 81.5 Å². The van der Waals surface area contributed by atoms with Crippen molar-refractivity contribution in [1.29, 1.82) is 0 Å². The predicted molar refractivity (Wildman–Crippen MR) is 329 cm³/mol. The van der Waals surface area contributed by atoms with Gasteiger partial charge in [-0.2, -0.15) is 0 Å². The Morgan fingerprint density at radius 3 is 0.871 bits per heavy atom. The van der Waals surface area contributed by atoms with Crippen LogP contribution in [-0.2, 0) is 57.2 Å². The predicted octanol–water partition coefficient (Wildman–Crippen LogP) is 9.47. The van der Waals surface area contributed by atoms with Crippen molar-refractivity contribution < 1.29 is 97.3 Å². The van der Waals surface area contributed by atoms with Crippen LogP contribution in [0.4, 0.5) is 0 Å². The second kappa shape index (κ2) is 50.2. The highest BCUT2D eigenvalue weighted by Crippen LogP contribution is 2.23. The van der Waals surface area contributed by atoms with Crippen LogP contribution in [0.5, 0.6) is 11.5 Å². The molecular formula is C63H108Cl2O20. The first-order chi connectivity index (χ1) is 39.6. The van der Waals surface area contributed by atoms with Crippen LogP contribution < -0.4 is 9.47 Å².